The van der Waals surface area contributed by atoms with Crippen molar-refractivity contribution in [2.24, 2.45) is 0 Å². The van der Waals surface area contributed by atoms with E-state index in [-0.39, 0.29) is 18.2 Å². The molecule has 0 rings (SSSR count). The Bertz CT molecular complexity index is 388. The molecule has 0 saturated heterocycles. The highest BCUT2D eigenvalue weighted by Crippen LogP contribution is 2.03. The van der Waals surface area contributed by atoms with Crippen LogP contribution >= 0.6 is 0 Å². The zero-order valence-corrected chi connectivity index (χ0v) is 12.0. The third kappa shape index (κ3) is 7.41. The molecule has 6 nitrogen and oxygen atoms in total. The van der Waals surface area contributed by atoms with Gasteiger partial charge in [0.2, 0.25) is 0 Å². The lowest BCUT2D eigenvalue weighted by atomic mass is 10.3. The Morgan fingerprint density at radius 2 is 2.06 bits per heavy atom. The summed E-state index contributed by atoms with van der Waals surface area (Å²) < 4.78 is 31.3. The predicted molar refractivity (Wildman–Crippen MR) is 68.4 cm³/mol. The molecular formula is C11H21NO5S. The van der Waals surface area contributed by atoms with Gasteiger partial charge >= 0.3 is 5.97 Å². The maximum absolute atomic E-state index is 11.5. The van der Waals surface area contributed by atoms with E-state index in [0.717, 1.165) is 25.5 Å². The van der Waals surface area contributed by atoms with E-state index >= 15 is 0 Å². The molecule has 0 bridgehead atoms. The van der Waals surface area contributed by atoms with Gasteiger partial charge in [0, 0.05) is 11.6 Å². The number of ether oxygens (including phenoxy) is 1. The predicted octanol–water partition coefficient (Wildman–Crippen LogP) is 0.798. The second-order valence-corrected chi connectivity index (χ2v) is 5.47. The summed E-state index contributed by atoms with van der Waals surface area (Å²) in [6.07, 6.45) is 0.989. The standard InChI is InChI=1S/C11H21NO5S/c1-5-6-12-10(3)7-17-11(13)9(2)8-18(14,15)16-4/h8,10,12H,5-7H2,1-4H3. The van der Waals surface area contributed by atoms with Crippen LogP contribution in [0.15, 0.2) is 11.0 Å². The average Bonchev–Trinajstić information content (AvgIpc) is 2.32. The van der Waals surface area contributed by atoms with Gasteiger partial charge in [-0.2, -0.15) is 8.42 Å². The van der Waals surface area contributed by atoms with E-state index < -0.39 is 16.1 Å². The maximum Gasteiger partial charge on any atom is 0.334 e. The first kappa shape index (κ1) is 17.1. The Balaban J connectivity index is 4.26. The molecule has 0 saturated carbocycles. The summed E-state index contributed by atoms with van der Waals surface area (Å²) in [4.78, 5) is 11.5. The van der Waals surface area contributed by atoms with E-state index in [1.807, 2.05) is 13.8 Å². The van der Waals surface area contributed by atoms with Gasteiger partial charge in [0.15, 0.2) is 0 Å². The summed E-state index contributed by atoms with van der Waals surface area (Å²) in [6.45, 7) is 6.31. The fourth-order valence-electron chi connectivity index (χ4n) is 1.08. The van der Waals surface area contributed by atoms with Gasteiger partial charge in [-0.3, -0.25) is 4.18 Å². The zero-order chi connectivity index (χ0) is 14.2. The van der Waals surface area contributed by atoms with Crippen molar-refractivity contribution >= 4 is 16.1 Å². The zero-order valence-electron chi connectivity index (χ0n) is 11.2. The molecule has 106 valence electrons. The van der Waals surface area contributed by atoms with Gasteiger partial charge in [-0.1, -0.05) is 6.92 Å². The molecule has 0 amide bonds. The first-order valence-corrected chi connectivity index (χ1v) is 7.19. The van der Waals surface area contributed by atoms with Crippen molar-refractivity contribution < 1.29 is 22.1 Å². The van der Waals surface area contributed by atoms with Crippen LogP contribution in [-0.2, 0) is 23.8 Å². The second kappa shape index (κ2) is 8.23. The summed E-state index contributed by atoms with van der Waals surface area (Å²) in [5.41, 5.74) is -0.0143. The minimum absolute atomic E-state index is 0.0143. The van der Waals surface area contributed by atoms with E-state index in [0.29, 0.717) is 0 Å². The summed E-state index contributed by atoms with van der Waals surface area (Å²) in [5, 5.41) is 3.90. The van der Waals surface area contributed by atoms with Gasteiger partial charge in [-0.05, 0) is 26.8 Å². The summed E-state index contributed by atoms with van der Waals surface area (Å²) in [7, 11) is -2.77. The minimum Gasteiger partial charge on any atom is -0.461 e. The van der Waals surface area contributed by atoms with Gasteiger partial charge in [0.25, 0.3) is 10.1 Å². The topological polar surface area (TPSA) is 81.7 Å². The van der Waals surface area contributed by atoms with Crippen molar-refractivity contribution in [3.8, 4) is 0 Å². The van der Waals surface area contributed by atoms with E-state index in [4.69, 9.17) is 4.74 Å². The second-order valence-electron chi connectivity index (χ2n) is 3.91. The monoisotopic (exact) mass is 279 g/mol. The lowest BCUT2D eigenvalue weighted by Gasteiger charge is -2.13. The lowest BCUT2D eigenvalue weighted by Crippen LogP contribution is -2.32. The number of carbonyl (C=O) groups excluding carboxylic acids is 1. The van der Waals surface area contributed by atoms with E-state index in [1.54, 1.807) is 0 Å². The Morgan fingerprint density at radius 3 is 2.56 bits per heavy atom. The smallest absolute Gasteiger partial charge is 0.334 e. The number of esters is 1. The van der Waals surface area contributed by atoms with E-state index in [1.165, 1.54) is 6.92 Å². The molecule has 1 atom stereocenters. The highest BCUT2D eigenvalue weighted by atomic mass is 32.2. The third-order valence-corrected chi connectivity index (χ3v) is 3.19. The summed E-state index contributed by atoms with van der Waals surface area (Å²) in [5.74, 6) is -0.666. The fourth-order valence-corrected chi connectivity index (χ4v) is 1.70. The van der Waals surface area contributed by atoms with Crippen LogP contribution in [-0.4, -0.2) is 40.7 Å². The molecule has 1 N–H and O–H groups in total. The van der Waals surface area contributed by atoms with Gasteiger partial charge in [-0.25, -0.2) is 4.79 Å². The largest absolute Gasteiger partial charge is 0.461 e. The van der Waals surface area contributed by atoms with Crippen molar-refractivity contribution in [2.45, 2.75) is 33.2 Å². The van der Waals surface area contributed by atoms with Crippen LogP contribution in [0, 0.1) is 0 Å². The van der Waals surface area contributed by atoms with Gasteiger partial charge in [-0.15, -0.1) is 0 Å². The Labute approximate surface area is 108 Å². The molecule has 0 spiro atoms. The number of carbonyl (C=O) groups is 1. The molecular weight excluding hydrogens is 258 g/mol. The average molecular weight is 279 g/mol. The molecule has 0 heterocycles. The first-order chi connectivity index (χ1) is 8.32. The number of rotatable bonds is 8. The van der Waals surface area contributed by atoms with Crippen LogP contribution in [0.4, 0.5) is 0 Å². The summed E-state index contributed by atoms with van der Waals surface area (Å²) in [6, 6.07) is 0.0285. The van der Waals surface area contributed by atoms with Crippen LogP contribution in [0.25, 0.3) is 0 Å². The van der Waals surface area contributed by atoms with Crippen LogP contribution in [0.3, 0.4) is 0 Å². The van der Waals surface area contributed by atoms with Crippen molar-refractivity contribution in [1.29, 1.82) is 0 Å². The highest BCUT2D eigenvalue weighted by molar-refractivity contribution is 7.89. The molecule has 0 aromatic carbocycles. The molecule has 0 aliphatic carbocycles. The van der Waals surface area contributed by atoms with Gasteiger partial charge in [0.1, 0.15) is 6.61 Å². The van der Waals surface area contributed by atoms with Crippen LogP contribution in [0.1, 0.15) is 27.2 Å². The SMILES string of the molecule is CCCNC(C)COC(=O)C(C)=CS(=O)(=O)OC. The van der Waals surface area contributed by atoms with Crippen molar-refractivity contribution in [3.05, 3.63) is 11.0 Å². The van der Waals surface area contributed by atoms with Crippen molar-refractivity contribution in [1.82, 2.24) is 5.32 Å². The third-order valence-electron chi connectivity index (χ3n) is 2.08. The molecule has 0 fully saturated rings. The molecule has 0 aromatic rings. The molecule has 0 aliphatic rings. The fraction of sp³-hybridized carbons (Fsp3) is 0.727. The molecule has 7 heteroatoms. The molecule has 0 aromatic heterocycles. The lowest BCUT2D eigenvalue weighted by molar-refractivity contribution is -0.139. The Kier molecular flexibility index (Phi) is 7.81. The highest BCUT2D eigenvalue weighted by Gasteiger charge is 2.13. The molecule has 0 radical (unpaired) electrons. The van der Waals surface area contributed by atoms with E-state index in [2.05, 4.69) is 9.50 Å². The Morgan fingerprint density at radius 1 is 1.44 bits per heavy atom. The number of hydrogen-bond acceptors (Lipinski definition) is 6. The molecule has 1 unspecified atom stereocenters. The minimum atomic E-state index is -3.79. The Hall–Kier alpha value is -0.920. The maximum atomic E-state index is 11.5. The van der Waals surface area contributed by atoms with Gasteiger partial charge in [0.05, 0.1) is 12.5 Å². The summed E-state index contributed by atoms with van der Waals surface area (Å²) >= 11 is 0. The number of nitrogens with one attached hydrogen (secondary N) is 1. The van der Waals surface area contributed by atoms with E-state index in [9.17, 15) is 13.2 Å². The van der Waals surface area contributed by atoms with Crippen LogP contribution in [0.2, 0.25) is 0 Å². The number of hydrogen-bond donors (Lipinski definition) is 1. The molecule has 0 aliphatic heterocycles. The van der Waals surface area contributed by atoms with Crippen molar-refractivity contribution in [2.75, 3.05) is 20.3 Å². The quantitative estimate of drug-likeness (QED) is 0.402. The van der Waals surface area contributed by atoms with Crippen LogP contribution < -0.4 is 5.32 Å². The molecule has 18 heavy (non-hydrogen) atoms. The first-order valence-electron chi connectivity index (χ1n) is 5.71. The van der Waals surface area contributed by atoms with Crippen LogP contribution in [0.5, 0.6) is 0 Å². The van der Waals surface area contributed by atoms with Gasteiger partial charge < -0.3 is 10.1 Å². The normalized spacial score (nSPS) is 14.3. The van der Waals surface area contributed by atoms with Crippen molar-refractivity contribution in [3.63, 3.8) is 0 Å².